The number of fused-ring (bicyclic) bond motifs is 5. The van der Waals surface area contributed by atoms with Crippen molar-refractivity contribution in [3.8, 4) is 35.1 Å². The number of aromatic amines is 1. The normalized spacial score (nSPS) is 13.2. The molecule has 0 radical (unpaired) electrons. The van der Waals surface area contributed by atoms with E-state index < -0.39 is 0 Å². The van der Waals surface area contributed by atoms with Gasteiger partial charge in [0.15, 0.2) is 18.1 Å². The van der Waals surface area contributed by atoms with Crippen molar-refractivity contribution >= 4 is 22.3 Å². The molecule has 7 heteroatoms. The lowest BCUT2D eigenvalue weighted by Crippen LogP contribution is -2.28. The van der Waals surface area contributed by atoms with Gasteiger partial charge in [0.25, 0.3) is 0 Å². The molecule has 0 spiro atoms. The van der Waals surface area contributed by atoms with Crippen LogP contribution in [0.15, 0.2) is 35.5 Å². The number of benzene rings is 2. The Morgan fingerprint density at radius 2 is 1.72 bits per heavy atom. The van der Waals surface area contributed by atoms with E-state index in [0.717, 1.165) is 57.8 Å². The molecule has 0 unspecified atom stereocenters. The number of rotatable bonds is 8. The number of H-pyrrole nitrogens is 1. The third kappa shape index (κ3) is 3.74. The van der Waals surface area contributed by atoms with E-state index in [4.69, 9.17) is 20.7 Å². The molecule has 0 fully saturated rings. The number of likely N-dealkylation sites (N-methyl/N-ethyl adjacent to an activating group) is 2. The van der Waals surface area contributed by atoms with E-state index in [1.807, 2.05) is 12.1 Å². The van der Waals surface area contributed by atoms with Crippen molar-refractivity contribution in [2.45, 2.75) is 0 Å². The van der Waals surface area contributed by atoms with Gasteiger partial charge in [-0.1, -0.05) is 11.1 Å². The third-order valence-electron chi connectivity index (χ3n) is 5.69. The Morgan fingerprint density at radius 1 is 1.00 bits per heavy atom. The number of terminal acetylenes is 1. The predicted molar refractivity (Wildman–Crippen MR) is 129 cm³/mol. The van der Waals surface area contributed by atoms with Gasteiger partial charge in [-0.15, -0.1) is 6.42 Å². The molecule has 0 amide bonds. The number of hydrogen-bond donors (Lipinski definition) is 1. The van der Waals surface area contributed by atoms with Crippen LogP contribution in [-0.2, 0) is 4.84 Å². The van der Waals surface area contributed by atoms with Crippen molar-refractivity contribution in [3.63, 3.8) is 0 Å². The average Bonchev–Trinajstić information content (AvgIpc) is 3.30. The second kappa shape index (κ2) is 8.85. The minimum absolute atomic E-state index is 0.0995. The van der Waals surface area contributed by atoms with Gasteiger partial charge in [-0.3, -0.25) is 0 Å². The molecule has 1 aliphatic rings. The molecule has 3 aromatic rings. The summed E-state index contributed by atoms with van der Waals surface area (Å²) >= 11 is 0. The molecular formula is C25H28N4O3. The molecule has 166 valence electrons. The molecule has 0 saturated heterocycles. The zero-order valence-electron chi connectivity index (χ0n) is 19.2. The summed E-state index contributed by atoms with van der Waals surface area (Å²) < 4.78 is 11.1. The second-order valence-corrected chi connectivity index (χ2v) is 8.00. The van der Waals surface area contributed by atoms with Crippen molar-refractivity contribution in [1.29, 1.82) is 0 Å². The molecule has 4 rings (SSSR count). The SMILES string of the molecule is C#CCO/N=C1/c2cc(OC)c(OC)cc2-c2[nH]c3ccc(N(C)CCN(C)C)cc3c21. The Kier molecular flexibility index (Phi) is 5.97. The lowest BCUT2D eigenvalue weighted by atomic mass is 10.0. The number of ether oxygens (including phenoxy) is 2. The highest BCUT2D eigenvalue weighted by atomic mass is 16.6. The first-order valence-corrected chi connectivity index (χ1v) is 10.4. The Bertz CT molecular complexity index is 1220. The quantitative estimate of drug-likeness (QED) is 0.262. The molecule has 7 nitrogen and oxygen atoms in total. The summed E-state index contributed by atoms with van der Waals surface area (Å²) in [6.07, 6.45) is 5.36. The first-order valence-electron chi connectivity index (χ1n) is 10.4. The fourth-order valence-corrected chi connectivity index (χ4v) is 3.99. The van der Waals surface area contributed by atoms with Crippen LogP contribution in [0.25, 0.3) is 22.2 Å². The highest BCUT2D eigenvalue weighted by molar-refractivity contribution is 6.30. The monoisotopic (exact) mass is 432 g/mol. The number of nitrogens with one attached hydrogen (secondary N) is 1. The van der Waals surface area contributed by atoms with Crippen LogP contribution in [0.2, 0.25) is 0 Å². The Hall–Kier alpha value is -3.63. The maximum absolute atomic E-state index is 5.53. The lowest BCUT2D eigenvalue weighted by Gasteiger charge is -2.21. The number of oxime groups is 1. The molecule has 1 aromatic heterocycles. The molecule has 1 heterocycles. The summed E-state index contributed by atoms with van der Waals surface area (Å²) in [5, 5.41) is 5.50. The van der Waals surface area contributed by atoms with Crippen LogP contribution < -0.4 is 14.4 Å². The van der Waals surface area contributed by atoms with Crippen LogP contribution >= 0.6 is 0 Å². The fourth-order valence-electron chi connectivity index (χ4n) is 3.99. The standard InChI is InChI=1S/C25H28N4O3/c1-7-12-32-27-25-18-15-22(31-6)21(30-5)14-17(18)24-23(25)19-13-16(8-9-20(19)26-24)29(4)11-10-28(2)3/h1,8-9,13-15,26H,10-12H2,2-6H3/b27-25-. The van der Waals surface area contributed by atoms with E-state index in [9.17, 15) is 0 Å². The summed E-state index contributed by atoms with van der Waals surface area (Å²) in [4.78, 5) is 13.4. The van der Waals surface area contributed by atoms with E-state index in [-0.39, 0.29) is 6.61 Å². The summed E-state index contributed by atoms with van der Waals surface area (Å²) in [5.74, 6) is 3.76. The Labute approximate surface area is 188 Å². The zero-order valence-corrected chi connectivity index (χ0v) is 19.2. The van der Waals surface area contributed by atoms with E-state index in [2.05, 4.69) is 65.2 Å². The minimum Gasteiger partial charge on any atom is -0.493 e. The lowest BCUT2D eigenvalue weighted by molar-refractivity contribution is 0.180. The smallest absolute Gasteiger partial charge is 0.177 e. The van der Waals surface area contributed by atoms with Crippen molar-refractivity contribution in [3.05, 3.63) is 41.5 Å². The van der Waals surface area contributed by atoms with E-state index in [1.54, 1.807) is 14.2 Å². The number of anilines is 1. The summed E-state index contributed by atoms with van der Waals surface area (Å²) in [6.45, 7) is 1.99. The maximum Gasteiger partial charge on any atom is 0.177 e. The van der Waals surface area contributed by atoms with Crippen molar-refractivity contribution in [1.82, 2.24) is 9.88 Å². The molecule has 1 N–H and O–H groups in total. The topological polar surface area (TPSA) is 62.3 Å². The first-order chi connectivity index (χ1) is 15.5. The Morgan fingerprint density at radius 3 is 2.38 bits per heavy atom. The van der Waals surface area contributed by atoms with Crippen molar-refractivity contribution in [2.24, 2.45) is 5.16 Å². The molecule has 0 aliphatic heterocycles. The molecule has 32 heavy (non-hydrogen) atoms. The van der Waals surface area contributed by atoms with Gasteiger partial charge < -0.3 is 29.1 Å². The van der Waals surface area contributed by atoms with Gasteiger partial charge >= 0.3 is 0 Å². The highest BCUT2D eigenvalue weighted by Crippen LogP contribution is 2.45. The van der Waals surface area contributed by atoms with Crippen LogP contribution in [0, 0.1) is 12.3 Å². The van der Waals surface area contributed by atoms with Gasteiger partial charge in [-0.25, -0.2) is 0 Å². The summed E-state index contributed by atoms with van der Waals surface area (Å²) in [7, 11) is 9.51. The van der Waals surface area contributed by atoms with Gasteiger partial charge in [0.1, 0.15) is 5.71 Å². The third-order valence-corrected chi connectivity index (χ3v) is 5.69. The van der Waals surface area contributed by atoms with Gasteiger partial charge in [0.05, 0.1) is 19.9 Å². The molecule has 0 atom stereocenters. The van der Waals surface area contributed by atoms with E-state index >= 15 is 0 Å². The van der Waals surface area contributed by atoms with Crippen LogP contribution in [0.5, 0.6) is 11.5 Å². The number of nitrogens with zero attached hydrogens (tertiary/aromatic N) is 3. The highest BCUT2D eigenvalue weighted by Gasteiger charge is 2.32. The minimum atomic E-state index is 0.0995. The predicted octanol–water partition coefficient (Wildman–Crippen LogP) is 3.57. The van der Waals surface area contributed by atoms with E-state index in [1.165, 1.54) is 0 Å². The molecule has 2 aromatic carbocycles. The van der Waals surface area contributed by atoms with Crippen molar-refractivity contribution < 1.29 is 14.3 Å². The second-order valence-electron chi connectivity index (χ2n) is 8.00. The largest absolute Gasteiger partial charge is 0.493 e. The average molecular weight is 433 g/mol. The molecule has 0 bridgehead atoms. The number of aromatic nitrogens is 1. The van der Waals surface area contributed by atoms with E-state index in [0.29, 0.717) is 11.5 Å². The van der Waals surface area contributed by atoms with Crippen LogP contribution in [0.1, 0.15) is 11.1 Å². The van der Waals surface area contributed by atoms with Gasteiger partial charge in [-0.05, 0) is 44.4 Å². The molecule has 0 saturated carbocycles. The van der Waals surface area contributed by atoms with Gasteiger partial charge in [-0.2, -0.15) is 0 Å². The van der Waals surface area contributed by atoms with Crippen molar-refractivity contribution in [2.75, 3.05) is 60.0 Å². The number of hydrogen-bond acceptors (Lipinski definition) is 6. The maximum atomic E-state index is 5.53. The van der Waals surface area contributed by atoms with Crippen LogP contribution in [0.4, 0.5) is 5.69 Å². The van der Waals surface area contributed by atoms with Crippen LogP contribution in [0.3, 0.4) is 0 Å². The molecular weight excluding hydrogens is 404 g/mol. The molecule has 1 aliphatic carbocycles. The van der Waals surface area contributed by atoms with Crippen LogP contribution in [-0.4, -0.2) is 70.7 Å². The van der Waals surface area contributed by atoms with Gasteiger partial charge in [0, 0.05) is 53.4 Å². The zero-order chi connectivity index (χ0) is 22.8. The number of methoxy groups -OCH3 is 2. The summed E-state index contributed by atoms with van der Waals surface area (Å²) in [5.41, 5.74) is 6.76. The first kappa shape index (κ1) is 21.6. The Balaban J connectivity index is 1.87. The van der Waals surface area contributed by atoms with Gasteiger partial charge in [0.2, 0.25) is 0 Å². The summed E-state index contributed by atoms with van der Waals surface area (Å²) in [6, 6.07) is 10.3. The fraction of sp³-hybridized carbons (Fsp3) is 0.320.